The summed E-state index contributed by atoms with van der Waals surface area (Å²) in [5.74, 6) is 1.68. The lowest BCUT2D eigenvalue weighted by Gasteiger charge is -2.11. The minimum atomic E-state index is -0.969. The molecule has 92 valence electrons. The minimum Gasteiger partial charge on any atom is -0.477 e. The molecule has 1 aromatic rings. The van der Waals surface area contributed by atoms with E-state index in [0.29, 0.717) is 18.0 Å². The number of carboxylic acid groups (broad SMARTS) is 1. The van der Waals surface area contributed by atoms with Gasteiger partial charge < -0.3 is 9.67 Å². The molecular weight excluding hydrogens is 238 g/mol. The van der Waals surface area contributed by atoms with Gasteiger partial charge in [0.25, 0.3) is 0 Å². The molecule has 1 aromatic heterocycles. The van der Waals surface area contributed by atoms with Crippen molar-refractivity contribution in [3.8, 4) is 0 Å². The molecule has 1 fully saturated rings. The summed E-state index contributed by atoms with van der Waals surface area (Å²) in [5.41, 5.74) is 0.695. The average Bonchev–Trinajstić information content (AvgIpc) is 2.87. The summed E-state index contributed by atoms with van der Waals surface area (Å²) >= 11 is 1.90. The lowest BCUT2D eigenvalue weighted by molar-refractivity contribution is 0.0684. The van der Waals surface area contributed by atoms with Gasteiger partial charge in [0.05, 0.1) is 0 Å². The Labute approximate surface area is 104 Å². The number of hydrogen-bond donors (Lipinski definition) is 1. The Hall–Kier alpha value is -1.23. The Balaban J connectivity index is 2.23. The van der Waals surface area contributed by atoms with Gasteiger partial charge in [-0.3, -0.25) is 4.79 Å². The van der Waals surface area contributed by atoms with Crippen molar-refractivity contribution in [2.45, 2.75) is 19.9 Å². The summed E-state index contributed by atoms with van der Waals surface area (Å²) in [7, 11) is 0. The molecule has 0 radical (unpaired) electrons. The second kappa shape index (κ2) is 4.96. The molecular formula is C12H15NO3S. The van der Waals surface area contributed by atoms with Gasteiger partial charge in [-0.25, -0.2) is 4.79 Å². The van der Waals surface area contributed by atoms with Crippen LogP contribution in [0.4, 0.5) is 0 Å². The second-order valence-electron chi connectivity index (χ2n) is 4.36. The van der Waals surface area contributed by atoms with Crippen LogP contribution in [0, 0.1) is 5.92 Å². The number of aromatic carboxylic acids is 1. The van der Waals surface area contributed by atoms with Gasteiger partial charge in [-0.05, 0) is 36.8 Å². The molecule has 2 rings (SSSR count). The van der Waals surface area contributed by atoms with Crippen LogP contribution >= 0.6 is 11.8 Å². The number of nitrogens with zero attached hydrogens (tertiary/aromatic N) is 1. The zero-order valence-electron chi connectivity index (χ0n) is 9.68. The van der Waals surface area contributed by atoms with Crippen LogP contribution in [-0.2, 0) is 6.54 Å². The Morgan fingerprint density at radius 1 is 1.59 bits per heavy atom. The molecule has 0 saturated carbocycles. The van der Waals surface area contributed by atoms with Crippen molar-refractivity contribution in [1.82, 2.24) is 4.57 Å². The largest absolute Gasteiger partial charge is 0.477 e. The highest BCUT2D eigenvalue weighted by atomic mass is 32.2. The molecule has 4 nitrogen and oxygen atoms in total. The molecule has 1 N–H and O–H groups in total. The van der Waals surface area contributed by atoms with Crippen LogP contribution in [0.25, 0.3) is 0 Å². The summed E-state index contributed by atoms with van der Waals surface area (Å²) in [6.45, 7) is 2.15. The number of hydrogen-bond acceptors (Lipinski definition) is 3. The third-order valence-corrected chi connectivity index (χ3v) is 4.23. The first kappa shape index (κ1) is 12.2. The first-order chi connectivity index (χ1) is 8.08. The highest BCUT2D eigenvalue weighted by Crippen LogP contribution is 2.25. The van der Waals surface area contributed by atoms with Crippen LogP contribution in [0.1, 0.15) is 34.2 Å². The highest BCUT2D eigenvalue weighted by Gasteiger charge is 2.20. The fraction of sp³-hybridized carbons (Fsp3) is 0.500. The summed E-state index contributed by atoms with van der Waals surface area (Å²) in [6, 6.07) is 1.47. The van der Waals surface area contributed by atoms with Crippen LogP contribution < -0.4 is 0 Å². The maximum Gasteiger partial charge on any atom is 0.352 e. The molecule has 0 bridgehead atoms. The smallest absolute Gasteiger partial charge is 0.352 e. The number of Topliss-reactive ketones (excluding diaryl/α,β-unsaturated/α-hetero) is 1. The van der Waals surface area contributed by atoms with E-state index in [0.717, 1.165) is 17.9 Å². The van der Waals surface area contributed by atoms with E-state index in [-0.39, 0.29) is 11.5 Å². The molecule has 0 amide bonds. The van der Waals surface area contributed by atoms with Gasteiger partial charge in [0.1, 0.15) is 5.69 Å². The van der Waals surface area contributed by atoms with Crippen molar-refractivity contribution in [3.05, 3.63) is 23.5 Å². The van der Waals surface area contributed by atoms with E-state index in [1.807, 2.05) is 11.8 Å². The van der Waals surface area contributed by atoms with Crippen LogP contribution in [-0.4, -0.2) is 32.9 Å². The van der Waals surface area contributed by atoms with Crippen molar-refractivity contribution < 1.29 is 14.7 Å². The fourth-order valence-electron chi connectivity index (χ4n) is 2.04. The molecule has 1 aliphatic heterocycles. The molecule has 0 aromatic carbocycles. The lowest BCUT2D eigenvalue weighted by Crippen LogP contribution is -2.14. The van der Waals surface area contributed by atoms with E-state index in [1.165, 1.54) is 13.0 Å². The molecule has 1 saturated heterocycles. The zero-order chi connectivity index (χ0) is 12.4. The van der Waals surface area contributed by atoms with Gasteiger partial charge in [0.2, 0.25) is 0 Å². The topological polar surface area (TPSA) is 59.3 Å². The molecule has 1 atom stereocenters. The second-order valence-corrected chi connectivity index (χ2v) is 5.51. The van der Waals surface area contributed by atoms with E-state index in [9.17, 15) is 9.59 Å². The van der Waals surface area contributed by atoms with Crippen LogP contribution in [0.3, 0.4) is 0 Å². The van der Waals surface area contributed by atoms with Crippen LogP contribution in [0.2, 0.25) is 0 Å². The standard InChI is InChI=1S/C12H15NO3S/c1-8(14)10-4-11(12(15)16)13(6-10)5-9-2-3-17-7-9/h4,6,9H,2-3,5,7H2,1H3,(H,15,16). The van der Waals surface area contributed by atoms with E-state index in [2.05, 4.69) is 0 Å². The van der Waals surface area contributed by atoms with Crippen molar-refractivity contribution in [1.29, 1.82) is 0 Å². The number of aromatic nitrogens is 1. The molecule has 2 heterocycles. The number of carboxylic acids is 1. The quantitative estimate of drug-likeness (QED) is 0.835. The van der Waals surface area contributed by atoms with Gasteiger partial charge in [0.15, 0.2) is 5.78 Å². The van der Waals surface area contributed by atoms with Gasteiger partial charge in [-0.15, -0.1) is 0 Å². The first-order valence-electron chi connectivity index (χ1n) is 5.60. The predicted molar refractivity (Wildman–Crippen MR) is 66.8 cm³/mol. The zero-order valence-corrected chi connectivity index (χ0v) is 10.5. The minimum absolute atomic E-state index is 0.0907. The molecule has 0 spiro atoms. The van der Waals surface area contributed by atoms with E-state index >= 15 is 0 Å². The normalized spacial score (nSPS) is 19.5. The Bertz CT molecular complexity index is 447. The van der Waals surface area contributed by atoms with E-state index in [1.54, 1.807) is 10.8 Å². The monoisotopic (exact) mass is 253 g/mol. The highest BCUT2D eigenvalue weighted by molar-refractivity contribution is 7.99. The number of carbonyl (C=O) groups is 2. The lowest BCUT2D eigenvalue weighted by atomic mass is 10.1. The number of thioether (sulfide) groups is 1. The predicted octanol–water partition coefficient (Wildman–Crippen LogP) is 2.14. The van der Waals surface area contributed by atoms with Crippen molar-refractivity contribution >= 4 is 23.5 Å². The summed E-state index contributed by atoms with van der Waals surface area (Å²) < 4.78 is 1.70. The Morgan fingerprint density at radius 3 is 2.88 bits per heavy atom. The van der Waals surface area contributed by atoms with Gasteiger partial charge in [-0.2, -0.15) is 11.8 Å². The first-order valence-corrected chi connectivity index (χ1v) is 6.75. The fourth-order valence-corrected chi connectivity index (χ4v) is 3.31. The molecule has 1 unspecified atom stereocenters. The number of rotatable bonds is 4. The SMILES string of the molecule is CC(=O)c1cc(C(=O)O)n(CC2CCSC2)c1. The van der Waals surface area contributed by atoms with Crippen molar-refractivity contribution in [3.63, 3.8) is 0 Å². The molecule has 0 aliphatic carbocycles. The van der Waals surface area contributed by atoms with Gasteiger partial charge >= 0.3 is 5.97 Å². The molecule has 1 aliphatic rings. The molecule has 17 heavy (non-hydrogen) atoms. The summed E-state index contributed by atoms with van der Waals surface area (Å²) in [5, 5.41) is 9.10. The molecule has 5 heteroatoms. The van der Waals surface area contributed by atoms with E-state index in [4.69, 9.17) is 5.11 Å². The van der Waals surface area contributed by atoms with Crippen LogP contribution in [0.5, 0.6) is 0 Å². The van der Waals surface area contributed by atoms with Gasteiger partial charge in [-0.1, -0.05) is 0 Å². The maximum absolute atomic E-state index is 11.3. The average molecular weight is 253 g/mol. The number of carbonyl (C=O) groups excluding carboxylic acids is 1. The van der Waals surface area contributed by atoms with Crippen molar-refractivity contribution in [2.75, 3.05) is 11.5 Å². The van der Waals surface area contributed by atoms with Crippen molar-refractivity contribution in [2.24, 2.45) is 5.92 Å². The summed E-state index contributed by atoms with van der Waals surface area (Å²) in [6.07, 6.45) is 2.78. The maximum atomic E-state index is 11.3. The third-order valence-electron chi connectivity index (χ3n) is 3.00. The third kappa shape index (κ3) is 2.72. The number of ketones is 1. The van der Waals surface area contributed by atoms with Gasteiger partial charge in [0, 0.05) is 18.3 Å². The Kier molecular flexibility index (Phi) is 3.57. The Morgan fingerprint density at radius 2 is 2.35 bits per heavy atom. The van der Waals surface area contributed by atoms with Crippen LogP contribution in [0.15, 0.2) is 12.3 Å². The van der Waals surface area contributed by atoms with E-state index < -0.39 is 5.97 Å². The summed E-state index contributed by atoms with van der Waals surface area (Å²) in [4.78, 5) is 22.4.